The molecule has 3 N–H and O–H groups in total. The second kappa shape index (κ2) is 9.81. The Kier molecular flexibility index (Phi) is 6.81. The highest BCUT2D eigenvalue weighted by Crippen LogP contribution is 2.44. The SMILES string of the molecule is O=C(NC1C=CC(C(=O)NCC(C(=O)O)C(F)(F)F)C1)OCC1c2ccccc2-c2ccccc21. The van der Waals surface area contributed by atoms with Gasteiger partial charge < -0.3 is 20.5 Å². The first-order chi connectivity index (χ1) is 16.6. The van der Waals surface area contributed by atoms with Gasteiger partial charge in [0.25, 0.3) is 0 Å². The molecule has 0 bridgehead atoms. The Labute approximate surface area is 199 Å². The third kappa shape index (κ3) is 5.31. The average molecular weight is 488 g/mol. The summed E-state index contributed by atoms with van der Waals surface area (Å²) in [5.74, 6) is -6.40. The quantitative estimate of drug-likeness (QED) is 0.514. The summed E-state index contributed by atoms with van der Waals surface area (Å²) in [6.45, 7) is -0.944. The molecular weight excluding hydrogens is 465 g/mol. The van der Waals surface area contributed by atoms with Crippen LogP contribution >= 0.6 is 0 Å². The molecule has 2 aliphatic rings. The Hall–Kier alpha value is -3.82. The van der Waals surface area contributed by atoms with E-state index in [4.69, 9.17) is 9.84 Å². The highest BCUT2D eigenvalue weighted by molar-refractivity contribution is 5.82. The smallest absolute Gasteiger partial charge is 0.407 e. The minimum absolute atomic E-state index is 0.110. The van der Waals surface area contributed by atoms with Gasteiger partial charge in [-0.05, 0) is 28.7 Å². The van der Waals surface area contributed by atoms with Crippen molar-refractivity contribution in [1.29, 1.82) is 0 Å². The Morgan fingerprint density at radius 2 is 1.60 bits per heavy atom. The molecule has 2 aliphatic carbocycles. The molecule has 10 heteroatoms. The van der Waals surface area contributed by atoms with Gasteiger partial charge in [0, 0.05) is 12.5 Å². The fraction of sp³-hybridized carbons (Fsp3) is 0.320. The number of carbonyl (C=O) groups excluding carboxylic acids is 2. The van der Waals surface area contributed by atoms with Crippen LogP contribution in [0.25, 0.3) is 11.1 Å². The largest absolute Gasteiger partial charge is 0.481 e. The monoisotopic (exact) mass is 488 g/mol. The van der Waals surface area contributed by atoms with Gasteiger partial charge in [0.2, 0.25) is 5.91 Å². The molecule has 0 aromatic heterocycles. The summed E-state index contributed by atoms with van der Waals surface area (Å²) in [7, 11) is 0. The highest BCUT2D eigenvalue weighted by Gasteiger charge is 2.45. The number of benzene rings is 2. The van der Waals surface area contributed by atoms with E-state index in [0.717, 1.165) is 22.3 Å². The van der Waals surface area contributed by atoms with Crippen molar-refractivity contribution >= 4 is 18.0 Å². The molecule has 184 valence electrons. The van der Waals surface area contributed by atoms with Crippen LogP contribution in [0.1, 0.15) is 23.5 Å². The maximum atomic E-state index is 12.7. The van der Waals surface area contributed by atoms with Crippen LogP contribution in [0.15, 0.2) is 60.7 Å². The molecule has 2 aromatic rings. The second-order valence-corrected chi connectivity index (χ2v) is 8.48. The number of hydrogen-bond acceptors (Lipinski definition) is 4. The number of aliphatic carboxylic acids is 1. The summed E-state index contributed by atoms with van der Waals surface area (Å²) in [6.07, 6.45) is -2.50. The first kappa shape index (κ1) is 24.3. The van der Waals surface area contributed by atoms with Gasteiger partial charge in [-0.15, -0.1) is 0 Å². The zero-order valence-corrected chi connectivity index (χ0v) is 18.4. The summed E-state index contributed by atoms with van der Waals surface area (Å²) >= 11 is 0. The number of rotatable bonds is 7. The summed E-state index contributed by atoms with van der Waals surface area (Å²) in [6, 6.07) is 15.3. The highest BCUT2D eigenvalue weighted by atomic mass is 19.4. The fourth-order valence-corrected chi connectivity index (χ4v) is 4.47. The summed E-state index contributed by atoms with van der Waals surface area (Å²) in [5, 5.41) is 13.4. The lowest BCUT2D eigenvalue weighted by Crippen LogP contribution is -2.43. The van der Waals surface area contributed by atoms with Crippen LogP contribution < -0.4 is 10.6 Å². The molecule has 0 aliphatic heterocycles. The van der Waals surface area contributed by atoms with Crippen LogP contribution in [0.3, 0.4) is 0 Å². The van der Waals surface area contributed by atoms with Gasteiger partial charge in [0.05, 0.1) is 12.0 Å². The summed E-state index contributed by atoms with van der Waals surface area (Å²) < 4.78 is 43.7. The second-order valence-electron chi connectivity index (χ2n) is 8.48. The lowest BCUT2D eigenvalue weighted by atomic mass is 9.98. The van der Waals surface area contributed by atoms with Crippen molar-refractivity contribution < 1.29 is 37.4 Å². The van der Waals surface area contributed by atoms with Crippen LogP contribution in [0, 0.1) is 11.8 Å². The van der Waals surface area contributed by atoms with Crippen LogP contribution in [-0.4, -0.2) is 48.4 Å². The van der Waals surface area contributed by atoms with Crippen molar-refractivity contribution in [3.8, 4) is 11.1 Å². The number of fused-ring (bicyclic) bond motifs is 3. The number of carboxylic acids is 1. The van der Waals surface area contributed by atoms with Crippen molar-refractivity contribution in [1.82, 2.24) is 10.6 Å². The average Bonchev–Trinajstić information content (AvgIpc) is 3.39. The maximum Gasteiger partial charge on any atom is 0.407 e. The molecule has 0 heterocycles. The molecule has 0 saturated carbocycles. The van der Waals surface area contributed by atoms with Gasteiger partial charge in [0.15, 0.2) is 5.92 Å². The van der Waals surface area contributed by atoms with E-state index in [-0.39, 0.29) is 18.9 Å². The molecule has 0 radical (unpaired) electrons. The number of hydrogen-bond donors (Lipinski definition) is 3. The zero-order chi connectivity index (χ0) is 25.2. The molecule has 2 aromatic carbocycles. The number of nitrogens with one attached hydrogen (secondary N) is 2. The van der Waals surface area contributed by atoms with Gasteiger partial charge in [-0.2, -0.15) is 13.2 Å². The number of halogens is 3. The Balaban J connectivity index is 1.27. The fourth-order valence-electron chi connectivity index (χ4n) is 4.47. The van der Waals surface area contributed by atoms with Crippen molar-refractivity contribution in [2.24, 2.45) is 11.8 Å². The van der Waals surface area contributed by atoms with E-state index in [9.17, 15) is 27.6 Å². The van der Waals surface area contributed by atoms with E-state index in [0.29, 0.717) is 0 Å². The minimum Gasteiger partial charge on any atom is -0.481 e. The van der Waals surface area contributed by atoms with Crippen molar-refractivity contribution in [2.75, 3.05) is 13.2 Å². The lowest BCUT2D eigenvalue weighted by molar-refractivity contribution is -0.192. The van der Waals surface area contributed by atoms with Gasteiger partial charge in [-0.1, -0.05) is 60.7 Å². The third-order valence-corrected chi connectivity index (χ3v) is 6.24. The van der Waals surface area contributed by atoms with E-state index in [2.05, 4.69) is 5.32 Å². The van der Waals surface area contributed by atoms with Gasteiger partial charge in [-0.3, -0.25) is 9.59 Å². The molecule has 4 rings (SSSR count). The molecule has 3 atom stereocenters. The number of alkyl carbamates (subject to hydrolysis) is 1. The maximum absolute atomic E-state index is 12.7. The molecule has 2 amide bonds. The number of alkyl halides is 3. The summed E-state index contributed by atoms with van der Waals surface area (Å²) in [4.78, 5) is 35.4. The topological polar surface area (TPSA) is 105 Å². The van der Waals surface area contributed by atoms with E-state index < -0.39 is 48.6 Å². The lowest BCUT2D eigenvalue weighted by Gasteiger charge is -2.19. The predicted molar refractivity (Wildman–Crippen MR) is 119 cm³/mol. The number of carboxylic acid groups (broad SMARTS) is 1. The van der Waals surface area contributed by atoms with Crippen LogP contribution in [-0.2, 0) is 14.3 Å². The summed E-state index contributed by atoms with van der Waals surface area (Å²) in [5.41, 5.74) is 4.33. The van der Waals surface area contributed by atoms with Crippen molar-refractivity contribution in [2.45, 2.75) is 24.6 Å². The molecular formula is C25H23F3N2O5. The standard InChI is InChI=1S/C25H23F3N2O5/c26-25(27,28)21(23(32)33)12-29-22(31)14-9-10-15(11-14)30-24(34)35-13-20-18-7-3-1-5-16(18)17-6-2-4-8-19(17)20/h1-10,14-15,20-21H,11-13H2,(H,29,31)(H,30,34)(H,32,33). The normalized spacial score (nSPS) is 19.5. The van der Waals surface area contributed by atoms with Crippen molar-refractivity contribution in [3.63, 3.8) is 0 Å². The zero-order valence-electron chi connectivity index (χ0n) is 18.4. The van der Waals surface area contributed by atoms with Gasteiger partial charge in [-0.25, -0.2) is 4.79 Å². The van der Waals surface area contributed by atoms with Crippen LogP contribution in [0.2, 0.25) is 0 Å². The van der Waals surface area contributed by atoms with Crippen LogP contribution in [0.5, 0.6) is 0 Å². The van der Waals surface area contributed by atoms with E-state index in [1.165, 1.54) is 6.08 Å². The molecule has 3 unspecified atom stereocenters. The van der Waals surface area contributed by atoms with E-state index in [1.807, 2.05) is 53.8 Å². The predicted octanol–water partition coefficient (Wildman–Crippen LogP) is 3.85. The Morgan fingerprint density at radius 3 is 2.17 bits per heavy atom. The van der Waals surface area contributed by atoms with E-state index >= 15 is 0 Å². The number of amides is 2. The van der Waals surface area contributed by atoms with Gasteiger partial charge >= 0.3 is 18.2 Å². The molecule has 35 heavy (non-hydrogen) atoms. The number of carbonyl (C=O) groups is 3. The molecule has 0 spiro atoms. The molecule has 0 saturated heterocycles. The van der Waals surface area contributed by atoms with Gasteiger partial charge in [0.1, 0.15) is 6.61 Å². The Bertz CT molecular complexity index is 1120. The Morgan fingerprint density at radius 1 is 1.00 bits per heavy atom. The minimum atomic E-state index is -4.97. The van der Waals surface area contributed by atoms with E-state index in [1.54, 1.807) is 6.08 Å². The molecule has 0 fully saturated rings. The third-order valence-electron chi connectivity index (χ3n) is 6.24. The van der Waals surface area contributed by atoms with Crippen LogP contribution in [0.4, 0.5) is 18.0 Å². The first-order valence-corrected chi connectivity index (χ1v) is 11.0. The molecule has 7 nitrogen and oxygen atoms in total. The first-order valence-electron chi connectivity index (χ1n) is 11.0. The number of ether oxygens (including phenoxy) is 1. The van der Waals surface area contributed by atoms with Crippen molar-refractivity contribution in [3.05, 3.63) is 71.8 Å².